The Balaban J connectivity index is 2.27. The second-order valence-corrected chi connectivity index (χ2v) is 7.67. The number of carbonyl (C=O) groups is 1. The molecule has 0 unspecified atom stereocenters. The van der Waals surface area contributed by atoms with E-state index in [-0.39, 0.29) is 5.75 Å². The zero-order valence-corrected chi connectivity index (χ0v) is 17.0. The van der Waals surface area contributed by atoms with Gasteiger partial charge < -0.3 is 9.67 Å². The van der Waals surface area contributed by atoms with Crippen LogP contribution in [-0.4, -0.2) is 35.5 Å². The molecule has 0 atom stereocenters. The van der Waals surface area contributed by atoms with Gasteiger partial charge in [0.2, 0.25) is 0 Å². The van der Waals surface area contributed by atoms with Crippen LogP contribution in [0.25, 0.3) is 11.2 Å². The van der Waals surface area contributed by atoms with Gasteiger partial charge in [-0.1, -0.05) is 57.2 Å². The maximum absolute atomic E-state index is 12.6. The fraction of sp³-hybridized carbons (Fsp3) is 0.667. The molecule has 9 heteroatoms. The van der Waals surface area contributed by atoms with Gasteiger partial charge in [0.25, 0.3) is 5.56 Å². The van der Waals surface area contributed by atoms with E-state index in [4.69, 9.17) is 5.11 Å². The second kappa shape index (κ2) is 9.77. The summed E-state index contributed by atoms with van der Waals surface area (Å²) in [6.45, 7) is 2.77. The first-order valence-corrected chi connectivity index (χ1v) is 10.4. The lowest BCUT2D eigenvalue weighted by Gasteiger charge is -2.09. The number of rotatable bonds is 11. The summed E-state index contributed by atoms with van der Waals surface area (Å²) in [7, 11) is 3.01. The lowest BCUT2D eigenvalue weighted by Crippen LogP contribution is -2.37. The predicted octanol–water partition coefficient (Wildman–Crippen LogP) is 2.36. The van der Waals surface area contributed by atoms with Crippen LogP contribution in [0, 0.1) is 0 Å². The van der Waals surface area contributed by atoms with Gasteiger partial charge in [0.1, 0.15) is 0 Å². The summed E-state index contributed by atoms with van der Waals surface area (Å²) in [6.07, 6.45) is 7.98. The molecule has 2 aromatic heterocycles. The van der Waals surface area contributed by atoms with Gasteiger partial charge >= 0.3 is 11.7 Å². The number of carboxylic acid groups (broad SMARTS) is 1. The number of nitrogens with zero attached hydrogens (tertiary/aromatic N) is 4. The fourth-order valence-electron chi connectivity index (χ4n) is 3.10. The Morgan fingerprint density at radius 1 is 1.04 bits per heavy atom. The molecule has 0 saturated heterocycles. The molecule has 0 aliphatic carbocycles. The molecule has 0 aliphatic rings. The minimum atomic E-state index is -0.948. The van der Waals surface area contributed by atoms with Gasteiger partial charge in [-0.05, 0) is 6.42 Å². The summed E-state index contributed by atoms with van der Waals surface area (Å²) in [5.74, 6) is -1.09. The molecule has 150 valence electrons. The van der Waals surface area contributed by atoms with Crippen molar-refractivity contribution in [3.8, 4) is 0 Å². The molecule has 2 rings (SSSR count). The zero-order chi connectivity index (χ0) is 20.0. The van der Waals surface area contributed by atoms with Crippen LogP contribution >= 0.6 is 11.8 Å². The Morgan fingerprint density at radius 2 is 1.67 bits per heavy atom. The molecule has 0 fully saturated rings. The molecule has 0 radical (unpaired) electrons. The molecule has 0 saturated carbocycles. The number of aromatic nitrogens is 4. The van der Waals surface area contributed by atoms with Crippen molar-refractivity contribution in [1.82, 2.24) is 18.7 Å². The van der Waals surface area contributed by atoms with Crippen molar-refractivity contribution in [2.75, 3.05) is 5.75 Å². The first kappa shape index (κ1) is 21.3. The van der Waals surface area contributed by atoms with Crippen LogP contribution in [0.1, 0.15) is 51.9 Å². The predicted molar refractivity (Wildman–Crippen MR) is 107 cm³/mol. The highest BCUT2D eigenvalue weighted by atomic mass is 32.2. The van der Waals surface area contributed by atoms with E-state index >= 15 is 0 Å². The van der Waals surface area contributed by atoms with E-state index in [0.29, 0.717) is 22.9 Å². The number of hydrogen-bond acceptors (Lipinski definition) is 5. The number of thioether (sulfide) groups is 1. The topological polar surface area (TPSA) is 99.1 Å². The number of imidazole rings is 1. The summed E-state index contributed by atoms with van der Waals surface area (Å²) in [5, 5.41) is 9.45. The summed E-state index contributed by atoms with van der Waals surface area (Å²) in [4.78, 5) is 40.1. The molecule has 1 N–H and O–H groups in total. The molecule has 8 nitrogen and oxygen atoms in total. The number of carboxylic acids is 1. The van der Waals surface area contributed by atoms with E-state index in [9.17, 15) is 14.4 Å². The fourth-order valence-corrected chi connectivity index (χ4v) is 3.84. The molecular formula is C18H28N4O4S. The van der Waals surface area contributed by atoms with E-state index in [0.717, 1.165) is 35.6 Å². The summed E-state index contributed by atoms with van der Waals surface area (Å²) < 4.78 is 4.18. The Kier molecular flexibility index (Phi) is 7.70. The third-order valence-electron chi connectivity index (χ3n) is 4.62. The van der Waals surface area contributed by atoms with Crippen molar-refractivity contribution < 1.29 is 9.90 Å². The van der Waals surface area contributed by atoms with Gasteiger partial charge in [-0.15, -0.1) is 0 Å². The monoisotopic (exact) mass is 396 g/mol. The Hall–Kier alpha value is -2.03. The highest BCUT2D eigenvalue weighted by molar-refractivity contribution is 7.99. The molecule has 0 bridgehead atoms. The Morgan fingerprint density at radius 3 is 2.30 bits per heavy atom. The zero-order valence-electron chi connectivity index (χ0n) is 16.2. The first-order valence-electron chi connectivity index (χ1n) is 9.39. The van der Waals surface area contributed by atoms with Crippen molar-refractivity contribution in [2.45, 2.75) is 63.6 Å². The van der Waals surface area contributed by atoms with Crippen LogP contribution in [0.2, 0.25) is 0 Å². The van der Waals surface area contributed by atoms with Crippen LogP contribution in [0.4, 0.5) is 0 Å². The average Bonchev–Trinajstić information content (AvgIpc) is 3.01. The summed E-state index contributed by atoms with van der Waals surface area (Å²) in [6, 6.07) is 0. The SMILES string of the molecule is CCCCCCCCCn1c(SCC(=O)O)nc2c1c(=O)n(C)c(=O)n2C. The Labute approximate surface area is 162 Å². The quantitative estimate of drug-likeness (QED) is 0.462. The van der Waals surface area contributed by atoms with Gasteiger partial charge in [0, 0.05) is 20.6 Å². The summed E-state index contributed by atoms with van der Waals surface area (Å²) in [5.41, 5.74) is -0.175. The second-order valence-electron chi connectivity index (χ2n) is 6.73. The molecule has 0 aliphatic heterocycles. The van der Waals surface area contributed by atoms with E-state index < -0.39 is 17.2 Å². The van der Waals surface area contributed by atoms with Crippen LogP contribution in [-0.2, 0) is 25.4 Å². The molecule has 0 spiro atoms. The number of unbranched alkanes of at least 4 members (excludes halogenated alkanes) is 6. The van der Waals surface area contributed by atoms with E-state index in [1.54, 1.807) is 11.6 Å². The van der Waals surface area contributed by atoms with Gasteiger partial charge in [0.15, 0.2) is 16.3 Å². The summed E-state index contributed by atoms with van der Waals surface area (Å²) >= 11 is 1.07. The van der Waals surface area contributed by atoms with E-state index in [2.05, 4.69) is 11.9 Å². The molecule has 2 aromatic rings. The minimum absolute atomic E-state index is 0.144. The lowest BCUT2D eigenvalue weighted by atomic mass is 10.1. The minimum Gasteiger partial charge on any atom is -0.481 e. The third kappa shape index (κ3) is 5.03. The molecule has 2 heterocycles. The number of aryl methyl sites for hydroxylation is 2. The molecule has 0 amide bonds. The van der Waals surface area contributed by atoms with Crippen molar-refractivity contribution in [3.05, 3.63) is 20.8 Å². The number of aliphatic carboxylic acids is 1. The normalized spacial score (nSPS) is 11.4. The number of fused-ring (bicyclic) bond motifs is 1. The molecule has 27 heavy (non-hydrogen) atoms. The van der Waals surface area contributed by atoms with Gasteiger partial charge in [-0.25, -0.2) is 9.78 Å². The van der Waals surface area contributed by atoms with Crippen LogP contribution < -0.4 is 11.2 Å². The van der Waals surface area contributed by atoms with Crippen molar-refractivity contribution in [2.24, 2.45) is 14.1 Å². The van der Waals surface area contributed by atoms with Gasteiger partial charge in [-0.3, -0.25) is 18.7 Å². The molecule has 0 aromatic carbocycles. The highest BCUT2D eigenvalue weighted by Crippen LogP contribution is 2.22. The smallest absolute Gasteiger partial charge is 0.332 e. The maximum Gasteiger partial charge on any atom is 0.332 e. The van der Waals surface area contributed by atoms with Crippen molar-refractivity contribution in [3.63, 3.8) is 0 Å². The lowest BCUT2D eigenvalue weighted by molar-refractivity contribution is -0.133. The van der Waals surface area contributed by atoms with Crippen LogP contribution in [0.5, 0.6) is 0 Å². The van der Waals surface area contributed by atoms with Gasteiger partial charge in [-0.2, -0.15) is 0 Å². The molecular weight excluding hydrogens is 368 g/mol. The third-order valence-corrected chi connectivity index (χ3v) is 5.58. The van der Waals surface area contributed by atoms with Crippen molar-refractivity contribution >= 4 is 28.9 Å². The van der Waals surface area contributed by atoms with Crippen molar-refractivity contribution in [1.29, 1.82) is 0 Å². The van der Waals surface area contributed by atoms with Crippen LogP contribution in [0.3, 0.4) is 0 Å². The highest BCUT2D eigenvalue weighted by Gasteiger charge is 2.19. The largest absolute Gasteiger partial charge is 0.481 e. The first-order chi connectivity index (χ1) is 12.9. The standard InChI is InChI=1S/C18H28N4O4S/c1-4-5-6-7-8-9-10-11-22-14-15(19-17(22)27-12-13(23)24)20(2)18(26)21(3)16(14)25/h4-12H2,1-3H3,(H,23,24). The number of hydrogen-bond donors (Lipinski definition) is 1. The van der Waals surface area contributed by atoms with Crippen LogP contribution in [0.15, 0.2) is 14.7 Å². The average molecular weight is 397 g/mol. The van der Waals surface area contributed by atoms with E-state index in [1.165, 1.54) is 37.3 Å². The van der Waals surface area contributed by atoms with Gasteiger partial charge in [0.05, 0.1) is 5.75 Å². The Bertz CT molecular complexity index is 913. The van der Waals surface area contributed by atoms with E-state index in [1.807, 2.05) is 0 Å². The maximum atomic E-state index is 12.6.